The number of nitrogens with zero attached hydrogens (tertiary/aromatic N) is 7. The Hall–Kier alpha value is -17.4. The van der Waals surface area contributed by atoms with Crippen LogP contribution in [0.25, 0.3) is 212 Å². The highest BCUT2D eigenvalue weighted by atomic mass is 15.0. The van der Waals surface area contributed by atoms with Crippen LogP contribution in [0.1, 0.15) is 105 Å². The largest absolute Gasteiger partial charge is 0.246 e. The molecule has 0 aliphatic carbocycles. The highest BCUT2D eigenvalue weighted by molar-refractivity contribution is 6.21. The zero-order valence-electron chi connectivity index (χ0n) is 84.9. The summed E-state index contributed by atoms with van der Waals surface area (Å²) in [6, 6.07) is 174. The summed E-state index contributed by atoms with van der Waals surface area (Å²) in [5.41, 5.74) is 35.5. The van der Waals surface area contributed by atoms with Gasteiger partial charge < -0.3 is 0 Å². The van der Waals surface area contributed by atoms with Crippen molar-refractivity contribution in [2.24, 2.45) is 0 Å². The number of fused-ring (bicyclic) bond motifs is 6. The van der Waals surface area contributed by atoms with Crippen LogP contribution < -0.4 is 0 Å². The maximum atomic E-state index is 5.28. The van der Waals surface area contributed by atoms with Crippen LogP contribution in [0.2, 0.25) is 0 Å². The lowest BCUT2D eigenvalue weighted by Crippen LogP contribution is -2.10. The fraction of sp³-hybridized carbons (Fsp3) is 0.115. The first-order valence-corrected chi connectivity index (χ1v) is 50.5. The summed E-state index contributed by atoms with van der Waals surface area (Å²) in [6.45, 7) is 26.9. The lowest BCUT2D eigenvalue weighted by atomic mass is 9.78. The molecule has 3 heterocycles. The summed E-state index contributed by atoms with van der Waals surface area (Å²) in [7, 11) is 0. The maximum absolute atomic E-state index is 5.28. The lowest BCUT2D eigenvalue weighted by Gasteiger charge is -2.24. The molecule has 0 bridgehead atoms. The van der Waals surface area contributed by atoms with E-state index in [0.717, 1.165) is 50.0 Å². The van der Waals surface area contributed by atoms with Gasteiger partial charge in [0.2, 0.25) is 0 Å². The fourth-order valence-electron chi connectivity index (χ4n) is 19.2. The summed E-state index contributed by atoms with van der Waals surface area (Å²) >= 11 is 0. The topological polar surface area (TPSA) is 90.2 Å². The number of benzene rings is 20. The van der Waals surface area contributed by atoms with Gasteiger partial charge in [0.1, 0.15) is 0 Å². The van der Waals surface area contributed by atoms with Crippen LogP contribution in [0.4, 0.5) is 0 Å². The standard InChI is InChI=1S/C46H38.2C31H27N3.C31H25N/c1-46(2,3)40-29-27-33(28-30-40)38-25-16-26-39(31-38)42-32-41(34-17-8-4-9-18-34)43(35-19-10-5-11-20-35)45(37-23-14-7-15-24-37)44(42)36-21-12-6-13-22-36;1-31(2,3)27-19-17-24(18-20-27)29-32-28(23-13-8-5-9-14-23)33-30(34-29)26-16-10-15-25(21-26)22-11-6-4-7-12-22;1-31(2,3)27-20-18-26(19-21-27)30-33-28(24-12-8-5-9-13-24)32-29(34-30)25-16-14-23(15-17-25)22-10-6-4-7-11-22;1-31(2,3)23-16-12-22(13-17-23)28-26-18-14-20-8-4-6-10-24(20)29(26)32-30-25-11-7-5-9-21(25)15-19-27(28)30/h4-32H,1-3H3;2*4-21H,1-3H3;4-19H,1-3H3. The fourth-order valence-corrected chi connectivity index (χ4v) is 19.2. The van der Waals surface area contributed by atoms with E-state index in [1.54, 1.807) is 0 Å². The van der Waals surface area contributed by atoms with Gasteiger partial charge in [0.05, 0.1) is 11.0 Å². The van der Waals surface area contributed by atoms with Crippen molar-refractivity contribution in [1.29, 1.82) is 0 Å². The van der Waals surface area contributed by atoms with Crippen molar-refractivity contribution in [1.82, 2.24) is 34.9 Å². The van der Waals surface area contributed by atoms with Gasteiger partial charge >= 0.3 is 0 Å². The Bertz CT molecular complexity index is 8400. The van der Waals surface area contributed by atoms with Crippen molar-refractivity contribution in [3.63, 3.8) is 0 Å². The molecule has 0 fully saturated rings. The molecule has 3 aromatic heterocycles. The zero-order valence-corrected chi connectivity index (χ0v) is 84.9. The molecule has 7 heteroatoms. The number of hydrogen-bond donors (Lipinski definition) is 0. The van der Waals surface area contributed by atoms with Gasteiger partial charge in [0.25, 0.3) is 0 Å². The number of pyridine rings is 1. The molecule has 23 rings (SSSR count). The first-order valence-electron chi connectivity index (χ1n) is 50.5. The van der Waals surface area contributed by atoms with Crippen molar-refractivity contribution in [3.8, 4) is 168 Å². The van der Waals surface area contributed by atoms with Crippen molar-refractivity contribution in [2.75, 3.05) is 0 Å². The summed E-state index contributed by atoms with van der Waals surface area (Å²) in [5, 5.41) is 7.26. The van der Waals surface area contributed by atoms with Crippen molar-refractivity contribution in [3.05, 3.63) is 514 Å². The SMILES string of the molecule is CC(C)(C)c1ccc(-c2c3ccc4ccccc4c3nc3c2ccc2ccccc23)cc1.CC(C)(C)c1ccc(-c2cccc(-c3cc(-c4ccccc4)c(-c4ccccc4)c(-c4ccccc4)c3-c3ccccc3)c2)cc1.CC(C)(C)c1ccc(-c2nc(-c3ccccc3)nc(-c3ccc(-c4ccccc4)cc3)n2)cc1.CC(C)(C)c1ccc(-c2nc(-c3ccccc3)nc(-c3cccc(-c4ccccc4)c3)n2)cc1. The molecule has 708 valence electrons. The minimum absolute atomic E-state index is 0.0931. The molecule has 0 saturated heterocycles. The average Bonchev–Trinajstić information content (AvgIpc) is 0.732. The highest BCUT2D eigenvalue weighted by Gasteiger charge is 2.27. The van der Waals surface area contributed by atoms with E-state index in [4.69, 9.17) is 34.9 Å². The van der Waals surface area contributed by atoms with E-state index in [9.17, 15) is 0 Å². The molecule has 0 atom stereocenters. The Morgan fingerprint density at radius 2 is 0.349 bits per heavy atom. The first kappa shape index (κ1) is 96.1. The predicted molar refractivity (Wildman–Crippen MR) is 617 cm³/mol. The molecule has 23 aromatic rings. The summed E-state index contributed by atoms with van der Waals surface area (Å²) in [6.07, 6.45) is 0. The van der Waals surface area contributed by atoms with Gasteiger partial charge in [-0.3, -0.25) is 0 Å². The predicted octanol–water partition coefficient (Wildman–Crippen LogP) is 37.3. The number of rotatable bonds is 15. The third-order valence-electron chi connectivity index (χ3n) is 27.3. The highest BCUT2D eigenvalue weighted by Crippen LogP contribution is 2.52. The Kier molecular flexibility index (Phi) is 27.7. The van der Waals surface area contributed by atoms with Crippen molar-refractivity contribution in [2.45, 2.75) is 105 Å². The second-order valence-corrected chi connectivity index (χ2v) is 41.5. The van der Waals surface area contributed by atoms with E-state index in [1.165, 1.54) is 149 Å². The third-order valence-corrected chi connectivity index (χ3v) is 27.3. The smallest absolute Gasteiger partial charge is 0.164 e. The average molecular weight is 1890 g/mol. The third kappa shape index (κ3) is 21.5. The van der Waals surface area contributed by atoms with Crippen LogP contribution in [-0.4, -0.2) is 34.9 Å². The second-order valence-electron chi connectivity index (χ2n) is 41.5. The Morgan fingerprint density at radius 1 is 0.130 bits per heavy atom. The van der Waals surface area contributed by atoms with Gasteiger partial charge in [-0.1, -0.05) is 556 Å². The summed E-state index contributed by atoms with van der Waals surface area (Å²) < 4.78 is 0. The zero-order chi connectivity index (χ0) is 100. The molecule has 0 spiro atoms. The van der Waals surface area contributed by atoms with E-state index >= 15 is 0 Å². The molecule has 0 N–H and O–H groups in total. The second kappa shape index (κ2) is 42.0. The molecule has 0 aliphatic rings. The minimum atomic E-state index is 0.0931. The van der Waals surface area contributed by atoms with Crippen molar-refractivity contribution >= 4 is 43.4 Å². The van der Waals surface area contributed by atoms with E-state index in [2.05, 4.69) is 502 Å². The van der Waals surface area contributed by atoms with E-state index in [0.29, 0.717) is 34.9 Å². The van der Waals surface area contributed by atoms with Crippen LogP contribution in [0, 0.1) is 0 Å². The van der Waals surface area contributed by atoms with Crippen molar-refractivity contribution < 1.29 is 0 Å². The van der Waals surface area contributed by atoms with Gasteiger partial charge in [0.15, 0.2) is 34.9 Å². The van der Waals surface area contributed by atoms with Crippen LogP contribution in [0.15, 0.2) is 491 Å². The van der Waals surface area contributed by atoms with E-state index in [1.807, 2.05) is 72.8 Å². The van der Waals surface area contributed by atoms with E-state index < -0.39 is 0 Å². The first-order chi connectivity index (χ1) is 70.9. The van der Waals surface area contributed by atoms with Crippen LogP contribution >= 0.6 is 0 Å². The van der Waals surface area contributed by atoms with Crippen LogP contribution in [0.5, 0.6) is 0 Å². The Balaban J connectivity index is 0.000000120. The monoisotopic (exact) mass is 1880 g/mol. The lowest BCUT2D eigenvalue weighted by molar-refractivity contribution is 0.590. The maximum Gasteiger partial charge on any atom is 0.164 e. The molecule has 0 saturated carbocycles. The normalized spacial score (nSPS) is 11.6. The van der Waals surface area contributed by atoms with Gasteiger partial charge in [0, 0.05) is 60.5 Å². The molecule has 0 unspecified atom stereocenters. The number of aromatic nitrogens is 7. The van der Waals surface area contributed by atoms with Crippen LogP contribution in [-0.2, 0) is 21.7 Å². The van der Waals surface area contributed by atoms with Gasteiger partial charge in [-0.2, -0.15) is 0 Å². The Labute approximate surface area is 859 Å². The Morgan fingerprint density at radius 3 is 0.705 bits per heavy atom. The molecular weight excluding hydrogens is 1770 g/mol. The van der Waals surface area contributed by atoms with Gasteiger partial charge in [-0.05, 0) is 167 Å². The molecule has 0 aliphatic heterocycles. The van der Waals surface area contributed by atoms with Gasteiger partial charge in [-0.15, -0.1) is 0 Å². The molecule has 0 amide bonds. The summed E-state index contributed by atoms with van der Waals surface area (Å²) in [5.74, 6) is 4.04. The molecule has 146 heavy (non-hydrogen) atoms. The molecule has 0 radical (unpaired) electrons. The summed E-state index contributed by atoms with van der Waals surface area (Å²) in [4.78, 5) is 34.4. The quantitative estimate of drug-likeness (QED) is 0.0746. The molecule has 20 aromatic carbocycles. The molecular formula is C139H117N7. The number of hydrogen-bond acceptors (Lipinski definition) is 7. The van der Waals surface area contributed by atoms with Gasteiger partial charge in [-0.25, -0.2) is 34.9 Å². The minimum Gasteiger partial charge on any atom is -0.246 e. The molecule has 7 nitrogen and oxygen atoms in total. The van der Waals surface area contributed by atoms with Crippen LogP contribution in [0.3, 0.4) is 0 Å². The van der Waals surface area contributed by atoms with E-state index in [-0.39, 0.29) is 21.7 Å².